The van der Waals surface area contributed by atoms with E-state index in [9.17, 15) is 22.8 Å². The number of amides is 1. The van der Waals surface area contributed by atoms with Crippen LogP contribution in [0.1, 0.15) is 53.9 Å². The maximum Gasteiger partial charge on any atom is 0.416 e. The lowest BCUT2D eigenvalue weighted by Crippen LogP contribution is -2.58. The van der Waals surface area contributed by atoms with Crippen LogP contribution in [0.4, 0.5) is 13.2 Å². The molecule has 0 aromatic heterocycles. The first-order valence-electron chi connectivity index (χ1n) is 13.6. The zero-order chi connectivity index (χ0) is 27.5. The van der Waals surface area contributed by atoms with Crippen molar-refractivity contribution < 1.29 is 22.8 Å². The van der Waals surface area contributed by atoms with Gasteiger partial charge in [-0.3, -0.25) is 9.69 Å². The van der Waals surface area contributed by atoms with E-state index < -0.39 is 23.2 Å². The van der Waals surface area contributed by atoms with Gasteiger partial charge in [-0.25, -0.2) is 0 Å². The number of rotatable bonds is 6. The first-order chi connectivity index (χ1) is 18.8. The molecule has 3 aromatic rings. The molecule has 0 saturated carbocycles. The summed E-state index contributed by atoms with van der Waals surface area (Å²) in [7, 11) is 0. The topological polar surface area (TPSA) is 40.6 Å². The van der Waals surface area contributed by atoms with Crippen LogP contribution in [0.15, 0.2) is 84.9 Å². The summed E-state index contributed by atoms with van der Waals surface area (Å²) in [5.41, 5.74) is 1.60. The van der Waals surface area contributed by atoms with Gasteiger partial charge in [-0.1, -0.05) is 78.9 Å². The quantitative estimate of drug-likeness (QED) is 0.361. The van der Waals surface area contributed by atoms with E-state index in [0.717, 1.165) is 36.3 Å². The summed E-state index contributed by atoms with van der Waals surface area (Å²) in [5, 5.41) is 0. The smallest absolute Gasteiger partial charge is 0.342 e. The molecule has 0 aliphatic carbocycles. The zero-order valence-corrected chi connectivity index (χ0v) is 21.8. The lowest BCUT2D eigenvalue weighted by Gasteiger charge is -2.49. The highest BCUT2D eigenvalue weighted by Gasteiger charge is 2.47. The number of carbonyl (C=O) groups excluding carboxylic acids is 2. The molecule has 204 valence electrons. The molecular formula is C32H33F3N2O2. The van der Waals surface area contributed by atoms with Gasteiger partial charge >= 0.3 is 6.18 Å². The first kappa shape index (κ1) is 27.1. The number of alkyl halides is 3. The van der Waals surface area contributed by atoms with Crippen LogP contribution >= 0.6 is 0 Å². The largest absolute Gasteiger partial charge is 0.416 e. The van der Waals surface area contributed by atoms with Gasteiger partial charge in [0, 0.05) is 18.5 Å². The van der Waals surface area contributed by atoms with E-state index >= 15 is 0 Å². The predicted molar refractivity (Wildman–Crippen MR) is 144 cm³/mol. The number of carbonyl (C=O) groups is 2. The normalized spacial score (nSPS) is 20.5. The van der Waals surface area contributed by atoms with Crippen molar-refractivity contribution >= 4 is 12.2 Å². The van der Waals surface area contributed by atoms with Crippen molar-refractivity contribution in [2.45, 2.75) is 49.2 Å². The van der Waals surface area contributed by atoms with Crippen molar-refractivity contribution in [3.05, 3.63) is 107 Å². The van der Waals surface area contributed by atoms with Crippen LogP contribution < -0.4 is 0 Å². The van der Waals surface area contributed by atoms with Crippen LogP contribution in [-0.4, -0.2) is 54.2 Å². The van der Waals surface area contributed by atoms with Gasteiger partial charge < -0.3 is 9.69 Å². The molecule has 2 aliphatic rings. The van der Waals surface area contributed by atoms with E-state index in [-0.39, 0.29) is 18.4 Å². The molecule has 1 unspecified atom stereocenters. The second-order valence-corrected chi connectivity index (χ2v) is 10.6. The van der Waals surface area contributed by atoms with Crippen molar-refractivity contribution in [2.75, 3.05) is 26.2 Å². The Morgan fingerprint density at radius 3 is 2.05 bits per heavy atom. The fraction of sp³-hybridized carbons (Fsp3) is 0.375. The van der Waals surface area contributed by atoms with Crippen LogP contribution in [0.5, 0.6) is 0 Å². The molecule has 4 nitrogen and oxygen atoms in total. The van der Waals surface area contributed by atoms with E-state index in [1.54, 1.807) is 11.0 Å². The number of hydrogen-bond acceptors (Lipinski definition) is 3. The number of likely N-dealkylation sites (tertiary alicyclic amines) is 2. The second kappa shape index (κ2) is 11.3. The molecule has 2 aliphatic heterocycles. The Bertz CT molecular complexity index is 1230. The van der Waals surface area contributed by atoms with E-state index in [0.29, 0.717) is 38.0 Å². The highest BCUT2D eigenvalue weighted by Crippen LogP contribution is 2.44. The van der Waals surface area contributed by atoms with Gasteiger partial charge in [0.15, 0.2) is 0 Å². The van der Waals surface area contributed by atoms with Gasteiger partial charge in [0.05, 0.1) is 18.2 Å². The molecule has 3 aromatic carbocycles. The van der Waals surface area contributed by atoms with Gasteiger partial charge in [0.25, 0.3) is 0 Å². The summed E-state index contributed by atoms with van der Waals surface area (Å²) < 4.78 is 39.5. The molecule has 0 N–H and O–H groups in total. The third kappa shape index (κ3) is 5.50. The van der Waals surface area contributed by atoms with E-state index in [1.165, 1.54) is 12.1 Å². The summed E-state index contributed by atoms with van der Waals surface area (Å²) in [6.45, 7) is 1.76. The van der Waals surface area contributed by atoms with Crippen LogP contribution in [0.25, 0.3) is 0 Å². The fourth-order valence-electron chi connectivity index (χ4n) is 6.51. The number of benzene rings is 3. The van der Waals surface area contributed by atoms with Crippen molar-refractivity contribution in [2.24, 2.45) is 0 Å². The molecule has 2 saturated heterocycles. The standard InChI is InChI=1S/C32H33F3N2O2/c33-32(34,35)28-14-7-9-25(21-28)24-15-19-36(20-16-24)30(39)22-37-18-8-17-31(29(37)23-38,26-10-3-1-4-11-26)27-12-5-2-6-13-27/h1-7,9-14,21,23-24,29H,8,15-20,22H2. The Morgan fingerprint density at radius 2 is 1.49 bits per heavy atom. The summed E-state index contributed by atoms with van der Waals surface area (Å²) in [6.07, 6.45) is -0.502. The molecule has 7 heteroatoms. The van der Waals surface area contributed by atoms with E-state index in [2.05, 4.69) is 24.3 Å². The maximum atomic E-state index is 13.5. The van der Waals surface area contributed by atoms with Crippen LogP contribution in [0.3, 0.4) is 0 Å². The molecule has 0 bridgehead atoms. The highest BCUT2D eigenvalue weighted by molar-refractivity contribution is 5.79. The van der Waals surface area contributed by atoms with Gasteiger partial charge in [0.1, 0.15) is 6.29 Å². The Hall–Kier alpha value is -3.45. The Balaban J connectivity index is 1.31. The third-order valence-corrected chi connectivity index (χ3v) is 8.49. The number of aldehydes is 1. The Kier molecular flexibility index (Phi) is 7.89. The van der Waals surface area contributed by atoms with Crippen LogP contribution in [-0.2, 0) is 21.2 Å². The Labute approximate surface area is 227 Å². The van der Waals surface area contributed by atoms with Crippen molar-refractivity contribution in [3.63, 3.8) is 0 Å². The molecule has 5 rings (SSSR count). The lowest BCUT2D eigenvalue weighted by atomic mass is 9.64. The average Bonchev–Trinajstić information content (AvgIpc) is 2.97. The number of halogens is 3. The first-order valence-corrected chi connectivity index (χ1v) is 13.6. The minimum Gasteiger partial charge on any atom is -0.342 e. The monoisotopic (exact) mass is 534 g/mol. The molecule has 39 heavy (non-hydrogen) atoms. The van der Waals surface area contributed by atoms with Crippen LogP contribution in [0, 0.1) is 0 Å². The highest BCUT2D eigenvalue weighted by atomic mass is 19.4. The van der Waals surface area contributed by atoms with Crippen LogP contribution in [0.2, 0.25) is 0 Å². The van der Waals surface area contributed by atoms with E-state index in [1.807, 2.05) is 41.3 Å². The van der Waals surface area contributed by atoms with Gasteiger partial charge in [-0.15, -0.1) is 0 Å². The van der Waals surface area contributed by atoms with Crippen molar-refractivity contribution in [3.8, 4) is 0 Å². The minimum absolute atomic E-state index is 0.0159. The lowest BCUT2D eigenvalue weighted by molar-refractivity contribution is -0.137. The number of nitrogens with zero attached hydrogens (tertiary/aromatic N) is 2. The van der Waals surface area contributed by atoms with Gasteiger partial charge in [0.2, 0.25) is 5.91 Å². The molecule has 2 fully saturated rings. The number of hydrogen-bond donors (Lipinski definition) is 0. The molecule has 2 heterocycles. The summed E-state index contributed by atoms with van der Waals surface area (Å²) in [6, 6.07) is 25.2. The SMILES string of the molecule is O=CC1N(CC(=O)N2CCC(c3cccc(C(F)(F)F)c3)CC2)CCCC1(c1ccccc1)c1ccccc1. The maximum absolute atomic E-state index is 13.5. The molecule has 1 amide bonds. The average molecular weight is 535 g/mol. The van der Waals surface area contributed by atoms with Gasteiger partial charge in [-0.05, 0) is 60.9 Å². The minimum atomic E-state index is -4.37. The fourth-order valence-corrected chi connectivity index (χ4v) is 6.51. The number of piperidine rings is 2. The molecule has 0 radical (unpaired) electrons. The zero-order valence-electron chi connectivity index (χ0n) is 21.8. The molecule has 0 spiro atoms. The third-order valence-electron chi connectivity index (χ3n) is 8.49. The second-order valence-electron chi connectivity index (χ2n) is 10.6. The van der Waals surface area contributed by atoms with Crippen molar-refractivity contribution in [1.82, 2.24) is 9.80 Å². The van der Waals surface area contributed by atoms with E-state index in [4.69, 9.17) is 0 Å². The Morgan fingerprint density at radius 1 is 0.872 bits per heavy atom. The molecule has 1 atom stereocenters. The molecular weight excluding hydrogens is 501 g/mol. The van der Waals surface area contributed by atoms with Crippen molar-refractivity contribution in [1.29, 1.82) is 0 Å². The predicted octanol–water partition coefficient (Wildman–Crippen LogP) is 6.06. The van der Waals surface area contributed by atoms with Gasteiger partial charge in [-0.2, -0.15) is 13.2 Å². The summed E-state index contributed by atoms with van der Waals surface area (Å²) >= 11 is 0. The summed E-state index contributed by atoms with van der Waals surface area (Å²) in [4.78, 5) is 30.0. The summed E-state index contributed by atoms with van der Waals surface area (Å²) in [5.74, 6) is -0.0564.